The molecule has 20 heavy (non-hydrogen) atoms. The number of piperidine rings is 1. The first kappa shape index (κ1) is 16.9. The van der Waals surface area contributed by atoms with Crippen molar-refractivity contribution < 1.29 is 14.7 Å². The van der Waals surface area contributed by atoms with E-state index >= 15 is 0 Å². The lowest BCUT2D eigenvalue weighted by Crippen LogP contribution is -2.45. The summed E-state index contributed by atoms with van der Waals surface area (Å²) in [6.45, 7) is 5.25. The summed E-state index contributed by atoms with van der Waals surface area (Å²) < 4.78 is 0. The van der Waals surface area contributed by atoms with Gasteiger partial charge in [-0.2, -0.15) is 0 Å². The Morgan fingerprint density at radius 1 is 1.25 bits per heavy atom. The average Bonchev–Trinajstić information content (AvgIpc) is 2.47. The highest BCUT2D eigenvalue weighted by atomic mass is 16.3. The lowest BCUT2D eigenvalue weighted by atomic mass is 9.96. The molecule has 0 unspecified atom stereocenters. The van der Waals surface area contributed by atoms with E-state index in [9.17, 15) is 9.59 Å². The van der Waals surface area contributed by atoms with E-state index in [1.807, 2.05) is 4.90 Å². The predicted molar refractivity (Wildman–Crippen MR) is 77.2 cm³/mol. The molecule has 6 nitrogen and oxygen atoms in total. The Kier molecular flexibility index (Phi) is 8.22. The SMILES string of the molecule is CCCNCC(=O)N1CCC(C(=O)NCCCO)CC1. The Morgan fingerprint density at radius 3 is 2.55 bits per heavy atom. The summed E-state index contributed by atoms with van der Waals surface area (Å²) in [4.78, 5) is 25.6. The summed E-state index contributed by atoms with van der Waals surface area (Å²) in [7, 11) is 0. The number of hydrogen-bond acceptors (Lipinski definition) is 4. The van der Waals surface area contributed by atoms with Gasteiger partial charge >= 0.3 is 0 Å². The topological polar surface area (TPSA) is 81.7 Å². The van der Waals surface area contributed by atoms with E-state index in [2.05, 4.69) is 17.6 Å². The Bertz CT molecular complexity index is 272. The Hall–Kier alpha value is -1.14. The predicted octanol–water partition coefficient (Wildman–Crippen LogP) is -0.277. The van der Waals surface area contributed by atoms with Gasteiger partial charge in [-0.1, -0.05) is 6.92 Å². The average molecular weight is 285 g/mol. The molecule has 3 N–H and O–H groups in total. The number of aliphatic hydroxyl groups excluding tert-OH is 1. The molecule has 0 bridgehead atoms. The summed E-state index contributed by atoms with van der Waals surface area (Å²) >= 11 is 0. The fourth-order valence-corrected chi connectivity index (χ4v) is 2.31. The molecule has 1 saturated heterocycles. The summed E-state index contributed by atoms with van der Waals surface area (Å²) in [5.74, 6) is 0.175. The lowest BCUT2D eigenvalue weighted by Gasteiger charge is -2.31. The molecule has 0 atom stereocenters. The van der Waals surface area contributed by atoms with Crippen LogP contribution in [0.25, 0.3) is 0 Å². The molecule has 1 heterocycles. The maximum absolute atomic E-state index is 11.9. The molecule has 1 rings (SSSR count). The van der Waals surface area contributed by atoms with Crippen LogP contribution >= 0.6 is 0 Å². The molecule has 0 spiro atoms. The highest BCUT2D eigenvalue weighted by Crippen LogP contribution is 2.17. The molecule has 0 aromatic heterocycles. The number of carbonyl (C=O) groups is 2. The number of carbonyl (C=O) groups excluding carboxylic acids is 2. The van der Waals surface area contributed by atoms with E-state index in [1.54, 1.807) is 0 Å². The number of likely N-dealkylation sites (tertiary alicyclic amines) is 1. The smallest absolute Gasteiger partial charge is 0.236 e. The normalized spacial score (nSPS) is 16.2. The lowest BCUT2D eigenvalue weighted by molar-refractivity contribution is -0.134. The molecule has 0 aromatic rings. The van der Waals surface area contributed by atoms with Gasteiger partial charge in [-0.15, -0.1) is 0 Å². The first-order chi connectivity index (χ1) is 9.69. The quantitative estimate of drug-likeness (QED) is 0.536. The molecule has 116 valence electrons. The zero-order valence-corrected chi connectivity index (χ0v) is 12.4. The fraction of sp³-hybridized carbons (Fsp3) is 0.857. The third kappa shape index (κ3) is 5.88. The van der Waals surface area contributed by atoms with Gasteiger partial charge in [0.2, 0.25) is 11.8 Å². The summed E-state index contributed by atoms with van der Waals surface area (Å²) in [5.41, 5.74) is 0. The van der Waals surface area contributed by atoms with Gasteiger partial charge < -0.3 is 20.6 Å². The van der Waals surface area contributed by atoms with Crippen molar-refractivity contribution in [2.24, 2.45) is 5.92 Å². The van der Waals surface area contributed by atoms with E-state index in [1.165, 1.54) is 0 Å². The molecular formula is C14H27N3O3. The van der Waals surface area contributed by atoms with E-state index in [0.29, 0.717) is 32.6 Å². The van der Waals surface area contributed by atoms with Gasteiger partial charge in [-0.05, 0) is 32.2 Å². The molecule has 1 aliphatic rings. The molecule has 0 aromatic carbocycles. The van der Waals surface area contributed by atoms with Gasteiger partial charge in [0.05, 0.1) is 6.54 Å². The van der Waals surface area contributed by atoms with Gasteiger partial charge in [0, 0.05) is 32.2 Å². The highest BCUT2D eigenvalue weighted by Gasteiger charge is 2.26. The van der Waals surface area contributed by atoms with Gasteiger partial charge in [0.1, 0.15) is 0 Å². The molecule has 6 heteroatoms. The van der Waals surface area contributed by atoms with Crippen LogP contribution in [-0.4, -0.2) is 61.2 Å². The maximum atomic E-state index is 11.9. The monoisotopic (exact) mass is 285 g/mol. The van der Waals surface area contributed by atoms with Crippen LogP contribution < -0.4 is 10.6 Å². The first-order valence-corrected chi connectivity index (χ1v) is 7.56. The molecule has 1 fully saturated rings. The summed E-state index contributed by atoms with van der Waals surface area (Å²) in [6.07, 6.45) is 3.06. The minimum Gasteiger partial charge on any atom is -0.396 e. The van der Waals surface area contributed by atoms with E-state index in [-0.39, 0.29) is 24.3 Å². The highest BCUT2D eigenvalue weighted by molar-refractivity contribution is 5.80. The molecule has 0 saturated carbocycles. The van der Waals surface area contributed by atoms with Crippen molar-refractivity contribution >= 4 is 11.8 Å². The second kappa shape index (κ2) is 9.72. The van der Waals surface area contributed by atoms with Crippen molar-refractivity contribution in [2.45, 2.75) is 32.6 Å². The van der Waals surface area contributed by atoms with E-state index in [0.717, 1.165) is 25.8 Å². The third-order valence-corrected chi connectivity index (χ3v) is 3.56. The third-order valence-electron chi connectivity index (χ3n) is 3.56. The largest absolute Gasteiger partial charge is 0.396 e. The van der Waals surface area contributed by atoms with Gasteiger partial charge in [0.25, 0.3) is 0 Å². The molecule has 2 amide bonds. The molecule has 0 radical (unpaired) electrons. The van der Waals surface area contributed by atoms with Crippen molar-refractivity contribution in [3.63, 3.8) is 0 Å². The van der Waals surface area contributed by atoms with Gasteiger partial charge in [0.15, 0.2) is 0 Å². The van der Waals surface area contributed by atoms with Crippen LogP contribution in [0.5, 0.6) is 0 Å². The number of aliphatic hydroxyl groups is 1. The fourth-order valence-electron chi connectivity index (χ4n) is 2.31. The molecular weight excluding hydrogens is 258 g/mol. The van der Waals surface area contributed by atoms with Crippen LogP contribution in [0.1, 0.15) is 32.6 Å². The van der Waals surface area contributed by atoms with Crippen LogP contribution in [0, 0.1) is 5.92 Å². The Labute approximate surface area is 120 Å². The van der Waals surface area contributed by atoms with Crippen LogP contribution in [0.4, 0.5) is 0 Å². The second-order valence-electron chi connectivity index (χ2n) is 5.20. The van der Waals surface area contributed by atoms with Crippen LogP contribution in [0.2, 0.25) is 0 Å². The second-order valence-corrected chi connectivity index (χ2v) is 5.20. The number of rotatable bonds is 8. The number of nitrogens with one attached hydrogen (secondary N) is 2. The van der Waals surface area contributed by atoms with Crippen LogP contribution in [0.3, 0.4) is 0 Å². The minimum atomic E-state index is 0.00124. The minimum absolute atomic E-state index is 0.00124. The number of amides is 2. The van der Waals surface area contributed by atoms with Crippen LogP contribution in [-0.2, 0) is 9.59 Å². The number of hydrogen-bond donors (Lipinski definition) is 3. The van der Waals surface area contributed by atoms with Crippen molar-refractivity contribution in [1.29, 1.82) is 0 Å². The van der Waals surface area contributed by atoms with Crippen molar-refractivity contribution in [2.75, 3.05) is 39.3 Å². The van der Waals surface area contributed by atoms with Gasteiger partial charge in [-0.3, -0.25) is 9.59 Å². The molecule has 0 aliphatic carbocycles. The zero-order chi connectivity index (χ0) is 14.8. The Morgan fingerprint density at radius 2 is 1.95 bits per heavy atom. The van der Waals surface area contributed by atoms with Gasteiger partial charge in [-0.25, -0.2) is 0 Å². The van der Waals surface area contributed by atoms with E-state index in [4.69, 9.17) is 5.11 Å². The first-order valence-electron chi connectivity index (χ1n) is 7.56. The van der Waals surface area contributed by atoms with Crippen molar-refractivity contribution in [3.8, 4) is 0 Å². The standard InChI is InChI=1S/C14H27N3O3/c1-2-6-15-11-13(19)17-8-4-12(5-9-17)14(20)16-7-3-10-18/h12,15,18H,2-11H2,1H3,(H,16,20). The van der Waals surface area contributed by atoms with Crippen molar-refractivity contribution in [1.82, 2.24) is 15.5 Å². The zero-order valence-electron chi connectivity index (χ0n) is 12.4. The summed E-state index contributed by atoms with van der Waals surface area (Å²) in [5, 5.41) is 14.6. The van der Waals surface area contributed by atoms with Crippen molar-refractivity contribution in [3.05, 3.63) is 0 Å². The van der Waals surface area contributed by atoms with Crippen LogP contribution in [0.15, 0.2) is 0 Å². The number of nitrogens with zero attached hydrogens (tertiary/aromatic N) is 1. The molecule has 1 aliphatic heterocycles. The maximum Gasteiger partial charge on any atom is 0.236 e. The van der Waals surface area contributed by atoms with E-state index < -0.39 is 0 Å². The Balaban J connectivity index is 2.21. The summed E-state index contributed by atoms with van der Waals surface area (Å²) in [6, 6.07) is 0.